The van der Waals surface area contributed by atoms with E-state index in [1.54, 1.807) is 18.2 Å². The van der Waals surface area contributed by atoms with Gasteiger partial charge in [0, 0.05) is 22.6 Å². The van der Waals surface area contributed by atoms with Gasteiger partial charge in [0.25, 0.3) is 5.91 Å². The van der Waals surface area contributed by atoms with Crippen LogP contribution in [0.3, 0.4) is 0 Å². The lowest BCUT2D eigenvalue weighted by molar-refractivity contribution is 0.102. The smallest absolute Gasteiger partial charge is 0.255 e. The number of carbonyl (C=O) groups excluding carboxylic acids is 1. The van der Waals surface area contributed by atoms with Crippen molar-refractivity contribution in [1.29, 1.82) is 0 Å². The third-order valence-electron chi connectivity index (χ3n) is 2.71. The van der Waals surface area contributed by atoms with Crippen LogP contribution >= 0.6 is 0 Å². The maximum Gasteiger partial charge on any atom is 0.255 e. The summed E-state index contributed by atoms with van der Waals surface area (Å²) in [5.74, 6) is -0.257. The molecule has 0 aliphatic heterocycles. The monoisotopic (exact) mass is 256 g/mol. The SMILES string of the molecule is Cc1ccc(NC(=O)c2cc(N)cc(N)c2)c(C)n1. The summed E-state index contributed by atoms with van der Waals surface area (Å²) in [5.41, 5.74) is 15.0. The molecule has 5 N–H and O–H groups in total. The molecule has 0 radical (unpaired) electrons. The van der Waals surface area contributed by atoms with Crippen LogP contribution in [0.1, 0.15) is 21.7 Å². The van der Waals surface area contributed by atoms with Crippen molar-refractivity contribution in [3.05, 3.63) is 47.3 Å². The number of benzene rings is 1. The standard InChI is InChI=1S/C14H16N4O/c1-8-3-4-13(9(2)17-8)18-14(19)10-5-11(15)7-12(16)6-10/h3-7H,15-16H2,1-2H3,(H,18,19). The minimum absolute atomic E-state index is 0.257. The number of anilines is 3. The van der Waals surface area contributed by atoms with Crippen LogP contribution in [0.4, 0.5) is 17.1 Å². The van der Waals surface area contributed by atoms with Gasteiger partial charge in [0.2, 0.25) is 0 Å². The highest BCUT2D eigenvalue weighted by Crippen LogP contribution is 2.17. The number of pyridine rings is 1. The van der Waals surface area contributed by atoms with E-state index in [9.17, 15) is 4.79 Å². The second-order valence-electron chi connectivity index (χ2n) is 4.43. The van der Waals surface area contributed by atoms with Gasteiger partial charge in [-0.2, -0.15) is 0 Å². The second-order valence-corrected chi connectivity index (χ2v) is 4.43. The number of aryl methyl sites for hydroxylation is 2. The van der Waals surface area contributed by atoms with E-state index < -0.39 is 0 Å². The van der Waals surface area contributed by atoms with Gasteiger partial charge in [-0.3, -0.25) is 9.78 Å². The fraction of sp³-hybridized carbons (Fsp3) is 0.143. The lowest BCUT2D eigenvalue weighted by Gasteiger charge is -2.09. The Labute approximate surface area is 111 Å². The summed E-state index contributed by atoms with van der Waals surface area (Å²) in [6.45, 7) is 3.74. The lowest BCUT2D eigenvalue weighted by Crippen LogP contribution is -2.14. The molecule has 0 spiro atoms. The number of rotatable bonds is 2. The zero-order valence-electron chi connectivity index (χ0n) is 10.9. The summed E-state index contributed by atoms with van der Waals surface area (Å²) >= 11 is 0. The van der Waals surface area contributed by atoms with Gasteiger partial charge in [-0.15, -0.1) is 0 Å². The van der Waals surface area contributed by atoms with Crippen LogP contribution in [0.5, 0.6) is 0 Å². The molecule has 0 unspecified atom stereocenters. The summed E-state index contributed by atoms with van der Waals surface area (Å²) < 4.78 is 0. The predicted molar refractivity (Wildman–Crippen MR) is 76.9 cm³/mol. The molecule has 2 aromatic rings. The number of hydrogen-bond donors (Lipinski definition) is 3. The first kappa shape index (κ1) is 12.9. The Balaban J connectivity index is 2.25. The van der Waals surface area contributed by atoms with Gasteiger partial charge >= 0.3 is 0 Å². The lowest BCUT2D eigenvalue weighted by atomic mass is 10.1. The number of nitrogens with one attached hydrogen (secondary N) is 1. The predicted octanol–water partition coefficient (Wildman–Crippen LogP) is 2.12. The second kappa shape index (κ2) is 4.97. The van der Waals surface area contributed by atoms with Gasteiger partial charge in [0.05, 0.1) is 11.4 Å². The summed E-state index contributed by atoms with van der Waals surface area (Å²) in [7, 11) is 0. The summed E-state index contributed by atoms with van der Waals surface area (Å²) in [4.78, 5) is 16.4. The van der Waals surface area contributed by atoms with E-state index in [4.69, 9.17) is 11.5 Å². The van der Waals surface area contributed by atoms with Crippen LogP contribution in [0.15, 0.2) is 30.3 Å². The van der Waals surface area contributed by atoms with Crippen LogP contribution in [-0.4, -0.2) is 10.9 Å². The molecule has 19 heavy (non-hydrogen) atoms. The van der Waals surface area contributed by atoms with Crippen LogP contribution in [-0.2, 0) is 0 Å². The fourth-order valence-electron chi connectivity index (χ4n) is 1.82. The Morgan fingerprint density at radius 3 is 2.32 bits per heavy atom. The molecule has 0 atom stereocenters. The Kier molecular flexibility index (Phi) is 3.37. The van der Waals surface area contributed by atoms with Crippen LogP contribution in [0.2, 0.25) is 0 Å². The third-order valence-corrected chi connectivity index (χ3v) is 2.71. The normalized spacial score (nSPS) is 10.2. The molecule has 1 amide bonds. The number of hydrogen-bond acceptors (Lipinski definition) is 4. The van der Waals surface area contributed by atoms with Crippen LogP contribution in [0.25, 0.3) is 0 Å². The molecule has 1 aromatic heterocycles. The maximum absolute atomic E-state index is 12.1. The van der Waals surface area contributed by atoms with Crippen molar-refractivity contribution in [2.75, 3.05) is 16.8 Å². The van der Waals surface area contributed by atoms with E-state index >= 15 is 0 Å². The number of nitrogens with zero attached hydrogens (tertiary/aromatic N) is 1. The van der Waals surface area contributed by atoms with Crippen molar-refractivity contribution >= 4 is 23.0 Å². The number of nitrogens with two attached hydrogens (primary N) is 2. The molecule has 0 aliphatic carbocycles. The molecule has 0 saturated carbocycles. The van der Waals surface area contributed by atoms with E-state index in [-0.39, 0.29) is 5.91 Å². The van der Waals surface area contributed by atoms with Crippen molar-refractivity contribution in [2.24, 2.45) is 0 Å². The number of nitrogen functional groups attached to an aromatic ring is 2. The molecule has 0 bridgehead atoms. The van der Waals surface area contributed by atoms with E-state index in [1.807, 2.05) is 26.0 Å². The molecule has 2 rings (SSSR count). The van der Waals surface area contributed by atoms with Crippen molar-refractivity contribution in [3.63, 3.8) is 0 Å². The Morgan fingerprint density at radius 2 is 1.74 bits per heavy atom. The Bertz CT molecular complexity index is 617. The molecular weight excluding hydrogens is 240 g/mol. The first-order chi connectivity index (χ1) is 8.95. The van der Waals surface area contributed by atoms with Crippen molar-refractivity contribution in [3.8, 4) is 0 Å². The first-order valence-electron chi connectivity index (χ1n) is 5.87. The Hall–Kier alpha value is -2.56. The molecule has 1 heterocycles. The molecule has 98 valence electrons. The number of amides is 1. The van der Waals surface area contributed by atoms with Gasteiger partial charge in [-0.05, 0) is 44.2 Å². The highest BCUT2D eigenvalue weighted by Gasteiger charge is 2.09. The number of carbonyl (C=O) groups is 1. The quantitative estimate of drug-likeness (QED) is 0.717. The van der Waals surface area contributed by atoms with Crippen LogP contribution < -0.4 is 16.8 Å². The highest BCUT2D eigenvalue weighted by molar-refractivity contribution is 6.05. The van der Waals surface area contributed by atoms with Gasteiger partial charge in [0.15, 0.2) is 0 Å². The zero-order chi connectivity index (χ0) is 14.0. The van der Waals surface area contributed by atoms with Crippen molar-refractivity contribution in [2.45, 2.75) is 13.8 Å². The highest BCUT2D eigenvalue weighted by atomic mass is 16.1. The van der Waals surface area contributed by atoms with Crippen molar-refractivity contribution in [1.82, 2.24) is 4.98 Å². The number of aromatic nitrogens is 1. The van der Waals surface area contributed by atoms with Crippen LogP contribution in [0, 0.1) is 13.8 Å². The van der Waals surface area contributed by atoms with E-state index in [0.29, 0.717) is 22.6 Å². The summed E-state index contributed by atoms with van der Waals surface area (Å²) in [6, 6.07) is 8.45. The van der Waals surface area contributed by atoms with E-state index in [0.717, 1.165) is 11.4 Å². The van der Waals surface area contributed by atoms with E-state index in [1.165, 1.54) is 0 Å². The average molecular weight is 256 g/mol. The third kappa shape index (κ3) is 3.01. The van der Waals surface area contributed by atoms with Gasteiger partial charge in [-0.1, -0.05) is 0 Å². The molecule has 5 nitrogen and oxygen atoms in total. The molecule has 1 aromatic carbocycles. The maximum atomic E-state index is 12.1. The van der Waals surface area contributed by atoms with Gasteiger partial charge < -0.3 is 16.8 Å². The Morgan fingerprint density at radius 1 is 1.11 bits per heavy atom. The minimum atomic E-state index is -0.257. The fourth-order valence-corrected chi connectivity index (χ4v) is 1.82. The van der Waals surface area contributed by atoms with Gasteiger partial charge in [-0.25, -0.2) is 0 Å². The van der Waals surface area contributed by atoms with E-state index in [2.05, 4.69) is 10.3 Å². The molecule has 0 saturated heterocycles. The summed E-state index contributed by atoms with van der Waals surface area (Å²) in [5, 5.41) is 2.80. The minimum Gasteiger partial charge on any atom is -0.399 e. The first-order valence-corrected chi connectivity index (χ1v) is 5.87. The van der Waals surface area contributed by atoms with Crippen molar-refractivity contribution < 1.29 is 4.79 Å². The molecular formula is C14H16N4O. The molecule has 0 aliphatic rings. The molecule has 5 heteroatoms. The average Bonchev–Trinajstić information content (AvgIpc) is 2.31. The van der Waals surface area contributed by atoms with Gasteiger partial charge in [0.1, 0.15) is 0 Å². The topological polar surface area (TPSA) is 94.0 Å². The zero-order valence-corrected chi connectivity index (χ0v) is 10.9. The largest absolute Gasteiger partial charge is 0.399 e. The molecule has 0 fully saturated rings. The summed E-state index contributed by atoms with van der Waals surface area (Å²) in [6.07, 6.45) is 0.